The van der Waals surface area contributed by atoms with Crippen LogP contribution in [0.4, 0.5) is 5.69 Å². The number of aromatic hydroxyl groups is 1. The molecule has 0 aliphatic heterocycles. The van der Waals surface area contributed by atoms with Crippen molar-refractivity contribution in [2.45, 2.75) is 26.9 Å². The van der Waals surface area contributed by atoms with Gasteiger partial charge in [0.05, 0.1) is 12.8 Å². The number of carbonyl (C=O) groups is 2. The average Bonchev–Trinajstić information content (AvgIpc) is 2.57. The molecule has 0 aliphatic carbocycles. The molecule has 0 heterocycles. The minimum Gasteiger partial charge on any atom is -0.507 e. The van der Waals surface area contributed by atoms with Gasteiger partial charge in [-0.15, -0.1) is 0 Å². The third kappa shape index (κ3) is 4.46. The Bertz CT molecular complexity index is 850. The van der Waals surface area contributed by atoms with Gasteiger partial charge in [-0.3, -0.25) is 4.79 Å². The van der Waals surface area contributed by atoms with Crippen molar-refractivity contribution in [1.29, 1.82) is 0 Å². The van der Waals surface area contributed by atoms with Gasteiger partial charge < -0.3 is 19.9 Å². The number of amides is 1. The predicted octanol–water partition coefficient (Wildman–Crippen LogP) is 3.86. The first-order chi connectivity index (χ1) is 12.2. The molecule has 6 nitrogen and oxygen atoms in total. The number of aryl methyl sites for hydroxylation is 2. The van der Waals surface area contributed by atoms with Crippen LogP contribution >= 0.6 is 11.6 Å². The Morgan fingerprint density at radius 2 is 1.88 bits per heavy atom. The van der Waals surface area contributed by atoms with E-state index in [1.54, 1.807) is 32.0 Å². The van der Waals surface area contributed by atoms with Gasteiger partial charge >= 0.3 is 5.97 Å². The molecule has 0 unspecified atom stereocenters. The number of carbonyl (C=O) groups excluding carboxylic acids is 2. The minimum atomic E-state index is -1.08. The molecule has 2 rings (SSSR count). The fraction of sp³-hybridized carbons (Fsp3) is 0.263. The number of esters is 1. The SMILES string of the molecule is COc1cc(Cl)c(C)cc1NC(=O)[C@@H](C)OC(=O)c1ccc(C)cc1O. The summed E-state index contributed by atoms with van der Waals surface area (Å²) in [6.45, 7) is 5.02. The van der Waals surface area contributed by atoms with Gasteiger partial charge in [-0.05, 0) is 50.1 Å². The molecule has 2 N–H and O–H groups in total. The largest absolute Gasteiger partial charge is 0.507 e. The second kappa shape index (κ2) is 8.10. The first kappa shape index (κ1) is 19.6. The van der Waals surface area contributed by atoms with E-state index in [4.69, 9.17) is 21.1 Å². The van der Waals surface area contributed by atoms with Gasteiger partial charge in [0, 0.05) is 11.1 Å². The summed E-state index contributed by atoms with van der Waals surface area (Å²) in [6, 6.07) is 7.82. The maximum Gasteiger partial charge on any atom is 0.342 e. The van der Waals surface area contributed by atoms with Gasteiger partial charge in [0.2, 0.25) is 0 Å². The molecule has 0 aromatic heterocycles. The molecule has 0 aliphatic rings. The number of phenols is 1. The number of anilines is 1. The van der Waals surface area contributed by atoms with Gasteiger partial charge in [-0.25, -0.2) is 4.79 Å². The van der Waals surface area contributed by atoms with E-state index in [1.165, 1.54) is 26.2 Å². The number of hydrogen-bond acceptors (Lipinski definition) is 5. The number of halogens is 1. The predicted molar refractivity (Wildman–Crippen MR) is 99.1 cm³/mol. The Morgan fingerprint density at radius 3 is 2.50 bits per heavy atom. The minimum absolute atomic E-state index is 0.00447. The van der Waals surface area contributed by atoms with Crippen LogP contribution in [0.3, 0.4) is 0 Å². The fourth-order valence-corrected chi connectivity index (χ4v) is 2.41. The maximum absolute atomic E-state index is 12.3. The first-order valence-electron chi connectivity index (χ1n) is 7.88. The molecule has 1 amide bonds. The highest BCUT2D eigenvalue weighted by atomic mass is 35.5. The van der Waals surface area contributed by atoms with E-state index < -0.39 is 18.0 Å². The van der Waals surface area contributed by atoms with E-state index in [2.05, 4.69) is 5.32 Å². The van der Waals surface area contributed by atoms with Crippen molar-refractivity contribution in [2.75, 3.05) is 12.4 Å². The van der Waals surface area contributed by atoms with E-state index in [0.717, 1.165) is 11.1 Å². The summed E-state index contributed by atoms with van der Waals surface area (Å²) < 4.78 is 10.3. The highest BCUT2D eigenvalue weighted by molar-refractivity contribution is 6.31. The second-order valence-corrected chi connectivity index (χ2v) is 6.27. The van der Waals surface area contributed by atoms with Crippen molar-refractivity contribution < 1.29 is 24.2 Å². The highest BCUT2D eigenvalue weighted by Crippen LogP contribution is 2.31. The zero-order valence-corrected chi connectivity index (χ0v) is 15.7. The summed E-state index contributed by atoms with van der Waals surface area (Å²) >= 11 is 6.04. The number of methoxy groups -OCH3 is 1. The number of hydrogen-bond donors (Lipinski definition) is 2. The lowest BCUT2D eigenvalue weighted by molar-refractivity contribution is -0.123. The summed E-state index contributed by atoms with van der Waals surface area (Å²) in [4.78, 5) is 24.5. The molecule has 1 atom stereocenters. The van der Waals surface area contributed by atoms with Gasteiger partial charge in [-0.1, -0.05) is 17.7 Å². The van der Waals surface area contributed by atoms with Crippen LogP contribution in [0.5, 0.6) is 11.5 Å². The zero-order valence-electron chi connectivity index (χ0n) is 14.9. The number of benzene rings is 2. The third-order valence-electron chi connectivity index (χ3n) is 3.76. The fourth-order valence-electron chi connectivity index (χ4n) is 2.26. The van der Waals surface area contributed by atoms with Crippen molar-refractivity contribution >= 4 is 29.2 Å². The maximum atomic E-state index is 12.3. The van der Waals surface area contributed by atoms with Gasteiger partial charge in [0.15, 0.2) is 6.10 Å². The van der Waals surface area contributed by atoms with Crippen LogP contribution in [0, 0.1) is 13.8 Å². The van der Waals surface area contributed by atoms with Gasteiger partial charge in [0.25, 0.3) is 5.91 Å². The molecular formula is C19H20ClNO5. The highest BCUT2D eigenvalue weighted by Gasteiger charge is 2.22. The Labute approximate surface area is 156 Å². The monoisotopic (exact) mass is 377 g/mol. The molecule has 0 saturated heterocycles. The van der Waals surface area contributed by atoms with Crippen LogP contribution in [0.15, 0.2) is 30.3 Å². The lowest BCUT2D eigenvalue weighted by Crippen LogP contribution is -2.30. The number of ether oxygens (including phenoxy) is 2. The van der Waals surface area contributed by atoms with E-state index >= 15 is 0 Å². The average molecular weight is 378 g/mol. The third-order valence-corrected chi connectivity index (χ3v) is 4.17. The molecule has 2 aromatic carbocycles. The molecule has 0 saturated carbocycles. The van der Waals surface area contributed by atoms with E-state index in [0.29, 0.717) is 16.5 Å². The Hall–Kier alpha value is -2.73. The molecule has 0 spiro atoms. The van der Waals surface area contributed by atoms with Crippen molar-refractivity contribution in [3.63, 3.8) is 0 Å². The summed E-state index contributed by atoms with van der Waals surface area (Å²) in [5.41, 5.74) is 1.97. The molecule has 0 fully saturated rings. The van der Waals surface area contributed by atoms with E-state index in [1.807, 2.05) is 0 Å². The molecule has 138 valence electrons. The van der Waals surface area contributed by atoms with E-state index in [-0.39, 0.29) is 11.3 Å². The summed E-state index contributed by atoms with van der Waals surface area (Å²) in [5.74, 6) is -1.13. The molecule has 0 radical (unpaired) electrons. The molecule has 2 aromatic rings. The quantitative estimate of drug-likeness (QED) is 0.773. The molecule has 7 heteroatoms. The van der Waals surface area contributed by atoms with Gasteiger partial charge in [-0.2, -0.15) is 0 Å². The van der Waals surface area contributed by atoms with Crippen molar-refractivity contribution in [1.82, 2.24) is 0 Å². The molecule has 0 bridgehead atoms. The summed E-state index contributed by atoms with van der Waals surface area (Å²) in [6.07, 6.45) is -1.08. The van der Waals surface area contributed by atoms with Gasteiger partial charge in [0.1, 0.15) is 17.1 Å². The topological polar surface area (TPSA) is 84.9 Å². The van der Waals surface area contributed by atoms with Crippen LogP contribution < -0.4 is 10.1 Å². The molecular weight excluding hydrogens is 358 g/mol. The van der Waals surface area contributed by atoms with Crippen LogP contribution in [0.1, 0.15) is 28.4 Å². The van der Waals surface area contributed by atoms with Crippen LogP contribution in [-0.2, 0) is 9.53 Å². The van der Waals surface area contributed by atoms with Crippen molar-refractivity contribution in [3.05, 3.63) is 52.0 Å². The van der Waals surface area contributed by atoms with Crippen molar-refractivity contribution in [2.24, 2.45) is 0 Å². The lowest BCUT2D eigenvalue weighted by atomic mass is 10.1. The summed E-state index contributed by atoms with van der Waals surface area (Å²) in [5, 5.41) is 13.0. The number of rotatable bonds is 5. The van der Waals surface area contributed by atoms with E-state index in [9.17, 15) is 14.7 Å². The molecule has 26 heavy (non-hydrogen) atoms. The smallest absolute Gasteiger partial charge is 0.342 e. The van der Waals surface area contributed by atoms with Crippen LogP contribution in [0.2, 0.25) is 5.02 Å². The summed E-state index contributed by atoms with van der Waals surface area (Å²) in [7, 11) is 1.46. The Morgan fingerprint density at radius 1 is 1.19 bits per heavy atom. The standard InChI is InChI=1S/C19H20ClNO5/c1-10-5-6-13(16(22)7-10)19(24)26-12(3)18(23)21-15-8-11(2)14(20)9-17(15)25-4/h5-9,12,22H,1-4H3,(H,21,23)/t12-/m1/s1. The van der Waals surface area contributed by atoms with Crippen molar-refractivity contribution in [3.8, 4) is 11.5 Å². The normalized spacial score (nSPS) is 11.6. The Kier molecular flexibility index (Phi) is 6.10. The van der Waals surface area contributed by atoms with Crippen LogP contribution in [-0.4, -0.2) is 30.2 Å². The van der Waals surface area contributed by atoms with Crippen LogP contribution in [0.25, 0.3) is 0 Å². The second-order valence-electron chi connectivity index (χ2n) is 5.86. The number of phenolic OH excluding ortho intramolecular Hbond substituents is 1. The number of nitrogens with one attached hydrogen (secondary N) is 1. The first-order valence-corrected chi connectivity index (χ1v) is 8.26. The zero-order chi connectivity index (χ0) is 19.4. The Balaban J connectivity index is 2.10. The lowest BCUT2D eigenvalue weighted by Gasteiger charge is -2.16.